The number of hydrogen-bond acceptors (Lipinski definition) is 6. The molecule has 33 heavy (non-hydrogen) atoms. The fourth-order valence-electron chi connectivity index (χ4n) is 3.92. The third-order valence-corrected chi connectivity index (χ3v) is 5.76. The second-order valence-electron chi connectivity index (χ2n) is 8.16. The monoisotopic (exact) mass is 442 g/mol. The van der Waals surface area contributed by atoms with E-state index in [9.17, 15) is 14.7 Å². The number of Topliss-reactive ketones (excluding diaryl/α,β-unsaturated/α-hetero) is 1. The molecule has 0 unspecified atom stereocenters. The Morgan fingerprint density at radius 2 is 1.82 bits per heavy atom. The molecule has 168 valence electrons. The van der Waals surface area contributed by atoms with Crippen LogP contribution in [0.15, 0.2) is 77.9 Å². The molecule has 4 aromatic rings. The smallest absolute Gasteiger partial charge is 0.265 e. The summed E-state index contributed by atoms with van der Waals surface area (Å²) in [6.07, 6.45) is 3.34. The normalized spacial score (nSPS) is 11.8. The van der Waals surface area contributed by atoms with Crippen LogP contribution in [0, 0.1) is 0 Å². The van der Waals surface area contributed by atoms with Crippen LogP contribution >= 0.6 is 0 Å². The summed E-state index contributed by atoms with van der Waals surface area (Å²) in [5.74, 6) is -0.710. The average Bonchev–Trinajstić information content (AvgIpc) is 2.83. The Morgan fingerprint density at radius 1 is 1.09 bits per heavy atom. The van der Waals surface area contributed by atoms with Crippen molar-refractivity contribution in [3.63, 3.8) is 0 Å². The lowest BCUT2D eigenvalue weighted by Gasteiger charge is -2.21. The molecule has 0 aliphatic heterocycles. The van der Waals surface area contributed by atoms with Crippen molar-refractivity contribution in [2.45, 2.75) is 12.5 Å². The van der Waals surface area contributed by atoms with Crippen molar-refractivity contribution in [1.29, 1.82) is 0 Å². The number of carbonyl (C=O) groups is 1. The summed E-state index contributed by atoms with van der Waals surface area (Å²) in [7, 11) is 5.52. The predicted molar refractivity (Wildman–Crippen MR) is 131 cm³/mol. The molecule has 0 amide bonds. The number of hydrogen-bond donors (Lipinski definition) is 2. The minimum absolute atomic E-state index is 0.0165. The largest absolute Gasteiger partial charge is 0.506 e. The fraction of sp³-hybridized carbons (Fsp3) is 0.192. The third kappa shape index (κ3) is 4.43. The van der Waals surface area contributed by atoms with E-state index in [0.29, 0.717) is 10.9 Å². The standard InChI is InChI=1S/C26H26N4O3/c1-29(2)19-12-10-17(11-13-19)21(28-18-7-6-14-27-16-18)15-23(31)24-25(32)20-8-4-5-9-22(20)30(3)26(24)33/h4-14,16,21,28,32H,15H2,1-3H3/t21-/m1/s1. The molecular weight excluding hydrogens is 416 g/mol. The van der Waals surface area contributed by atoms with Crippen molar-refractivity contribution in [1.82, 2.24) is 9.55 Å². The summed E-state index contributed by atoms with van der Waals surface area (Å²) in [6.45, 7) is 0. The number of nitrogens with zero attached hydrogens (tertiary/aromatic N) is 3. The van der Waals surface area contributed by atoms with Crippen molar-refractivity contribution in [3.05, 3.63) is 94.5 Å². The molecule has 0 radical (unpaired) electrons. The molecular formula is C26H26N4O3. The SMILES string of the molecule is CN(C)c1ccc([C@@H](CC(=O)c2c(O)c3ccccc3n(C)c2=O)Nc2cccnc2)cc1. The fourth-order valence-corrected chi connectivity index (χ4v) is 3.92. The number of anilines is 2. The molecule has 2 N–H and O–H groups in total. The summed E-state index contributed by atoms with van der Waals surface area (Å²) >= 11 is 0. The first-order valence-electron chi connectivity index (χ1n) is 10.6. The summed E-state index contributed by atoms with van der Waals surface area (Å²) in [5, 5.41) is 14.6. The zero-order valence-electron chi connectivity index (χ0n) is 18.8. The van der Waals surface area contributed by atoms with E-state index in [0.717, 1.165) is 16.9 Å². The van der Waals surface area contributed by atoms with E-state index in [-0.39, 0.29) is 17.7 Å². The van der Waals surface area contributed by atoms with Gasteiger partial charge in [-0.3, -0.25) is 14.6 Å². The quantitative estimate of drug-likeness (QED) is 0.419. The minimum atomic E-state index is -0.515. The molecule has 4 rings (SSSR count). The molecule has 2 aromatic heterocycles. The highest BCUT2D eigenvalue weighted by molar-refractivity contribution is 6.03. The second kappa shape index (κ2) is 9.16. The average molecular weight is 443 g/mol. The molecule has 7 nitrogen and oxygen atoms in total. The number of para-hydroxylation sites is 1. The zero-order valence-corrected chi connectivity index (χ0v) is 18.8. The van der Waals surface area contributed by atoms with Crippen molar-refractivity contribution < 1.29 is 9.90 Å². The van der Waals surface area contributed by atoms with Gasteiger partial charge in [0.15, 0.2) is 5.78 Å². The number of aryl methyl sites for hydroxylation is 1. The van der Waals surface area contributed by atoms with Crippen molar-refractivity contribution in [3.8, 4) is 5.75 Å². The second-order valence-corrected chi connectivity index (χ2v) is 8.16. The zero-order chi connectivity index (χ0) is 23.5. The van der Waals surface area contributed by atoms with E-state index in [1.165, 1.54) is 4.57 Å². The van der Waals surface area contributed by atoms with Crippen molar-refractivity contribution in [2.75, 3.05) is 24.3 Å². The number of aromatic nitrogens is 2. The molecule has 0 spiro atoms. The molecule has 0 aliphatic rings. The molecule has 0 saturated carbocycles. The Kier molecular flexibility index (Phi) is 6.13. The van der Waals surface area contributed by atoms with E-state index >= 15 is 0 Å². The van der Waals surface area contributed by atoms with Crippen molar-refractivity contribution in [2.24, 2.45) is 7.05 Å². The van der Waals surface area contributed by atoms with Gasteiger partial charge < -0.3 is 19.9 Å². The van der Waals surface area contributed by atoms with Crippen LogP contribution in [0.1, 0.15) is 28.4 Å². The highest BCUT2D eigenvalue weighted by atomic mass is 16.3. The topological polar surface area (TPSA) is 87.5 Å². The Bertz CT molecular complexity index is 1350. The molecule has 0 bridgehead atoms. The number of carbonyl (C=O) groups excluding carboxylic acids is 1. The van der Waals surface area contributed by atoms with Crippen LogP contribution in [0.25, 0.3) is 10.9 Å². The number of rotatable bonds is 7. The maximum atomic E-state index is 13.4. The molecule has 7 heteroatoms. The van der Waals surface area contributed by atoms with Crippen molar-refractivity contribution >= 4 is 28.1 Å². The van der Waals surface area contributed by atoms with E-state index in [4.69, 9.17) is 0 Å². The lowest BCUT2D eigenvalue weighted by molar-refractivity contribution is 0.0972. The van der Waals surface area contributed by atoms with Crippen LogP contribution in [0.5, 0.6) is 5.75 Å². The van der Waals surface area contributed by atoms with Gasteiger partial charge in [0, 0.05) is 51.0 Å². The molecule has 2 heterocycles. The first kappa shape index (κ1) is 22.1. The van der Waals surface area contributed by atoms with Gasteiger partial charge in [0.05, 0.1) is 17.2 Å². The number of nitrogens with one attached hydrogen (secondary N) is 1. The van der Waals surface area contributed by atoms with E-state index in [1.54, 1.807) is 49.8 Å². The van der Waals surface area contributed by atoms with Gasteiger partial charge in [-0.25, -0.2) is 0 Å². The van der Waals surface area contributed by atoms with Gasteiger partial charge >= 0.3 is 0 Å². The van der Waals surface area contributed by atoms with Crippen LogP contribution < -0.4 is 15.8 Å². The van der Waals surface area contributed by atoms with Crippen LogP contribution in [-0.2, 0) is 7.05 Å². The van der Waals surface area contributed by atoms with Crippen LogP contribution in [-0.4, -0.2) is 34.5 Å². The number of ketones is 1. The highest BCUT2D eigenvalue weighted by Gasteiger charge is 2.25. The lowest BCUT2D eigenvalue weighted by atomic mass is 9.96. The van der Waals surface area contributed by atoms with Gasteiger partial charge in [0.25, 0.3) is 5.56 Å². The summed E-state index contributed by atoms with van der Waals surface area (Å²) in [5.41, 5.74) is 2.53. The molecule has 2 aromatic carbocycles. The molecule has 0 aliphatic carbocycles. The predicted octanol–water partition coefficient (Wildman–Crippen LogP) is 4.13. The van der Waals surface area contributed by atoms with E-state index in [1.807, 2.05) is 49.3 Å². The van der Waals surface area contributed by atoms with Gasteiger partial charge in [-0.15, -0.1) is 0 Å². The highest BCUT2D eigenvalue weighted by Crippen LogP contribution is 2.30. The maximum Gasteiger partial charge on any atom is 0.265 e. The summed E-state index contributed by atoms with van der Waals surface area (Å²) < 4.78 is 1.40. The Balaban J connectivity index is 1.73. The number of pyridine rings is 2. The Morgan fingerprint density at radius 3 is 2.48 bits per heavy atom. The molecule has 0 saturated heterocycles. The maximum absolute atomic E-state index is 13.4. The number of benzene rings is 2. The lowest BCUT2D eigenvalue weighted by Crippen LogP contribution is -2.26. The first-order chi connectivity index (χ1) is 15.9. The Labute approximate surface area is 191 Å². The minimum Gasteiger partial charge on any atom is -0.506 e. The van der Waals surface area contributed by atoms with Crippen LogP contribution in [0.2, 0.25) is 0 Å². The van der Waals surface area contributed by atoms with Crippen LogP contribution in [0.4, 0.5) is 11.4 Å². The Hall–Kier alpha value is -4.13. The van der Waals surface area contributed by atoms with Gasteiger partial charge in [-0.2, -0.15) is 0 Å². The first-order valence-corrected chi connectivity index (χ1v) is 10.6. The molecule has 1 atom stereocenters. The summed E-state index contributed by atoms with van der Waals surface area (Å²) in [4.78, 5) is 32.5. The molecule has 0 fully saturated rings. The van der Waals surface area contributed by atoms with Crippen LogP contribution in [0.3, 0.4) is 0 Å². The van der Waals surface area contributed by atoms with E-state index < -0.39 is 17.4 Å². The van der Waals surface area contributed by atoms with Gasteiger partial charge in [-0.05, 0) is 42.0 Å². The number of aromatic hydroxyl groups is 1. The summed E-state index contributed by atoms with van der Waals surface area (Å²) in [6, 6.07) is 18.1. The van der Waals surface area contributed by atoms with Gasteiger partial charge in [0.2, 0.25) is 0 Å². The van der Waals surface area contributed by atoms with E-state index in [2.05, 4.69) is 10.3 Å². The number of fused-ring (bicyclic) bond motifs is 1. The third-order valence-electron chi connectivity index (χ3n) is 5.76. The van der Waals surface area contributed by atoms with Gasteiger partial charge in [0.1, 0.15) is 11.3 Å². The van der Waals surface area contributed by atoms with Gasteiger partial charge in [-0.1, -0.05) is 24.3 Å².